The quantitative estimate of drug-likeness (QED) is 0.0556. The van der Waals surface area contributed by atoms with E-state index in [1.807, 2.05) is 12.1 Å². The van der Waals surface area contributed by atoms with Crippen molar-refractivity contribution in [3.8, 4) is 11.5 Å². The molecule has 54 heavy (non-hydrogen) atoms. The van der Waals surface area contributed by atoms with E-state index in [4.69, 9.17) is 21.1 Å². The fraction of sp³-hybridized carbons (Fsp3) is 0.326. The van der Waals surface area contributed by atoms with Gasteiger partial charge in [-0.15, -0.1) is 0 Å². The Bertz CT molecular complexity index is 1920. The molecule has 5 nitrogen and oxygen atoms in total. The number of hydrogen-bond donors (Lipinski definition) is 2. The molecule has 5 aromatic rings. The third-order valence-corrected chi connectivity index (χ3v) is 12.9. The largest absolute Gasteiger partial charge is 0.493 e. The lowest BCUT2D eigenvalue weighted by molar-refractivity contribution is -0.121. The number of aryl methyl sites for hydroxylation is 1. The maximum atomic E-state index is 13.4. The Morgan fingerprint density at radius 2 is 1.48 bits per heavy atom. The Morgan fingerprint density at radius 1 is 0.870 bits per heavy atom. The molecule has 0 radical (unpaired) electrons. The maximum Gasteiger partial charge on any atom is 0.220 e. The van der Waals surface area contributed by atoms with E-state index in [0.29, 0.717) is 19.4 Å². The second-order valence-electron chi connectivity index (χ2n) is 14.2. The van der Waals surface area contributed by atoms with Crippen LogP contribution in [0, 0.1) is 5.82 Å². The number of benzene rings is 5. The van der Waals surface area contributed by atoms with E-state index in [1.165, 1.54) is 39.9 Å². The second kappa shape index (κ2) is 18.6. The summed E-state index contributed by atoms with van der Waals surface area (Å²) in [7, 11) is 3.39. The fourth-order valence-corrected chi connectivity index (χ4v) is 9.36. The fourth-order valence-electron chi connectivity index (χ4n) is 8.15. The van der Waals surface area contributed by atoms with Gasteiger partial charge < -0.3 is 20.1 Å². The highest BCUT2D eigenvalue weighted by molar-refractivity contribution is 14.1. The van der Waals surface area contributed by atoms with Crippen molar-refractivity contribution in [1.82, 2.24) is 10.6 Å². The Kier molecular flexibility index (Phi) is 13.7. The van der Waals surface area contributed by atoms with Gasteiger partial charge in [0.1, 0.15) is 5.82 Å². The summed E-state index contributed by atoms with van der Waals surface area (Å²) in [6.07, 6.45) is 6.12. The Hall–Kier alpha value is -3.92. The van der Waals surface area contributed by atoms with Crippen molar-refractivity contribution in [1.29, 1.82) is 0 Å². The van der Waals surface area contributed by atoms with Gasteiger partial charge in [-0.1, -0.05) is 119 Å². The van der Waals surface area contributed by atoms with Crippen LogP contribution in [0.2, 0.25) is 5.02 Å². The monoisotopic (exact) mass is 858 g/mol. The predicted molar refractivity (Wildman–Crippen MR) is 226 cm³/mol. The molecule has 8 heteroatoms. The number of ether oxygens (including phenoxy) is 2. The zero-order valence-corrected chi connectivity index (χ0v) is 34.0. The van der Waals surface area contributed by atoms with Gasteiger partial charge >= 0.3 is 0 Å². The van der Waals surface area contributed by atoms with Crippen molar-refractivity contribution >= 4 is 40.1 Å². The van der Waals surface area contributed by atoms with Gasteiger partial charge in [0.15, 0.2) is 11.5 Å². The van der Waals surface area contributed by atoms with Crippen LogP contribution in [-0.2, 0) is 35.0 Å². The van der Waals surface area contributed by atoms with E-state index in [0.717, 1.165) is 67.2 Å². The number of fused-ring (bicyclic) bond motifs is 1. The van der Waals surface area contributed by atoms with Crippen LogP contribution < -0.4 is 20.1 Å². The lowest BCUT2D eigenvalue weighted by atomic mass is 9.66. The van der Waals surface area contributed by atoms with Gasteiger partial charge in [-0.2, -0.15) is 0 Å². The van der Waals surface area contributed by atoms with Gasteiger partial charge in [-0.05, 0) is 115 Å². The number of amides is 1. The summed E-state index contributed by atoms with van der Waals surface area (Å²) in [4.78, 5) is 12.9. The third kappa shape index (κ3) is 9.29. The standard InChI is InChI=1S/C46H49ClFIN2O3/c1-53-41-30-35-25-29-51-46(40(35)31-42(41)54-2,32-34-14-19-38(47)20-15-34)43(49)24-27-45(36-10-5-3-6-11-36,37-12-7-4-8-13-37)26-9-28-50-44(52)23-18-33-16-21-39(48)22-17-33/h3-8,10-17,19-22,30-31,43,51H,9,18,23-29,32H2,1-2H3,(H,50,52). The van der Waals surface area contributed by atoms with E-state index in [9.17, 15) is 9.18 Å². The van der Waals surface area contributed by atoms with Crippen LogP contribution in [0.4, 0.5) is 4.39 Å². The molecule has 1 heterocycles. The molecule has 282 valence electrons. The molecule has 2 atom stereocenters. The summed E-state index contributed by atoms with van der Waals surface area (Å²) >= 11 is 9.05. The first-order valence-corrected chi connectivity index (χ1v) is 20.4. The Labute approximate surface area is 338 Å². The van der Waals surface area contributed by atoms with Crippen LogP contribution in [0.5, 0.6) is 11.5 Å². The molecule has 0 aromatic heterocycles. The molecule has 0 spiro atoms. The number of nitrogens with one attached hydrogen (secondary N) is 2. The molecule has 6 rings (SSSR count). The summed E-state index contributed by atoms with van der Waals surface area (Å²) in [5, 5.41) is 7.94. The number of hydrogen-bond acceptors (Lipinski definition) is 4. The summed E-state index contributed by atoms with van der Waals surface area (Å²) in [5.74, 6) is 1.22. The molecule has 2 unspecified atom stereocenters. The average Bonchev–Trinajstić information content (AvgIpc) is 3.21. The van der Waals surface area contributed by atoms with E-state index in [-0.39, 0.29) is 26.6 Å². The molecule has 5 aromatic carbocycles. The lowest BCUT2D eigenvalue weighted by Crippen LogP contribution is -2.55. The van der Waals surface area contributed by atoms with Crippen molar-refractivity contribution in [2.75, 3.05) is 27.3 Å². The molecular weight excluding hydrogens is 810 g/mol. The summed E-state index contributed by atoms with van der Waals surface area (Å²) < 4.78 is 25.2. The molecule has 0 saturated heterocycles. The smallest absolute Gasteiger partial charge is 0.220 e. The van der Waals surface area contributed by atoms with E-state index in [1.54, 1.807) is 26.4 Å². The highest BCUT2D eigenvalue weighted by atomic mass is 127. The summed E-state index contributed by atoms with van der Waals surface area (Å²) in [6.45, 7) is 1.42. The molecule has 2 N–H and O–H groups in total. The third-order valence-electron chi connectivity index (χ3n) is 11.0. The van der Waals surface area contributed by atoms with Crippen LogP contribution >= 0.6 is 34.2 Å². The van der Waals surface area contributed by atoms with Crippen molar-refractivity contribution in [2.45, 2.75) is 66.2 Å². The molecule has 1 aliphatic rings. The number of halogens is 3. The average molecular weight is 859 g/mol. The number of carbonyl (C=O) groups excluding carboxylic acids is 1. The molecule has 1 aliphatic heterocycles. The lowest BCUT2D eigenvalue weighted by Gasteiger charge is -2.46. The first kappa shape index (κ1) is 39.8. The van der Waals surface area contributed by atoms with Crippen LogP contribution in [0.25, 0.3) is 0 Å². The normalized spacial score (nSPS) is 15.9. The first-order chi connectivity index (χ1) is 26.3. The van der Waals surface area contributed by atoms with Crippen molar-refractivity contribution in [3.05, 3.63) is 166 Å². The van der Waals surface area contributed by atoms with E-state index in [2.05, 4.69) is 118 Å². The van der Waals surface area contributed by atoms with Crippen LogP contribution in [0.3, 0.4) is 0 Å². The summed E-state index contributed by atoms with van der Waals surface area (Å²) in [6, 6.07) is 40.6. The molecule has 0 bridgehead atoms. The Morgan fingerprint density at radius 3 is 2.11 bits per heavy atom. The van der Waals surface area contributed by atoms with Crippen LogP contribution in [-0.4, -0.2) is 37.1 Å². The molecule has 0 fully saturated rings. The van der Waals surface area contributed by atoms with Gasteiger partial charge in [0.2, 0.25) is 5.91 Å². The second-order valence-corrected chi connectivity index (χ2v) is 16.2. The zero-order valence-electron chi connectivity index (χ0n) is 31.1. The Balaban J connectivity index is 1.29. The maximum absolute atomic E-state index is 13.4. The minimum atomic E-state index is -0.390. The topological polar surface area (TPSA) is 59.6 Å². The highest BCUT2D eigenvalue weighted by Crippen LogP contribution is 2.48. The van der Waals surface area contributed by atoms with Gasteiger partial charge in [-0.25, -0.2) is 4.39 Å². The minimum absolute atomic E-state index is 0.00918. The number of rotatable bonds is 17. The number of carbonyl (C=O) groups is 1. The van der Waals surface area contributed by atoms with Gasteiger partial charge in [0.05, 0.1) is 19.8 Å². The molecule has 0 saturated carbocycles. The molecule has 1 amide bonds. The van der Waals surface area contributed by atoms with E-state index >= 15 is 0 Å². The molecule has 0 aliphatic carbocycles. The minimum Gasteiger partial charge on any atom is -0.493 e. The van der Waals surface area contributed by atoms with Crippen LogP contribution in [0.15, 0.2) is 121 Å². The SMILES string of the molecule is COc1cc2c(cc1OC)C(Cc1ccc(Cl)cc1)(C(I)CCC(CCCNC(=O)CCc1ccc(F)cc1)(c1ccccc1)c1ccccc1)NCC2. The number of methoxy groups -OCH3 is 2. The molecular formula is C46H49ClFIN2O3. The summed E-state index contributed by atoms with van der Waals surface area (Å²) in [5.41, 5.74) is 6.55. The van der Waals surface area contributed by atoms with Crippen LogP contribution in [0.1, 0.15) is 65.5 Å². The van der Waals surface area contributed by atoms with Crippen molar-refractivity contribution in [2.24, 2.45) is 0 Å². The van der Waals surface area contributed by atoms with Crippen molar-refractivity contribution < 1.29 is 18.7 Å². The first-order valence-electron chi connectivity index (χ1n) is 18.8. The number of alkyl halides is 1. The predicted octanol–water partition coefficient (Wildman–Crippen LogP) is 10.2. The van der Waals surface area contributed by atoms with Gasteiger partial charge in [-0.3, -0.25) is 4.79 Å². The zero-order chi connectivity index (χ0) is 38.0. The van der Waals surface area contributed by atoms with Crippen molar-refractivity contribution in [3.63, 3.8) is 0 Å². The van der Waals surface area contributed by atoms with Gasteiger partial charge in [0, 0.05) is 33.9 Å². The van der Waals surface area contributed by atoms with Gasteiger partial charge in [0.25, 0.3) is 0 Å². The highest BCUT2D eigenvalue weighted by Gasteiger charge is 2.44. The van der Waals surface area contributed by atoms with E-state index < -0.39 is 0 Å².